The molecule has 31 heavy (non-hydrogen) atoms. The highest BCUT2D eigenvalue weighted by atomic mass is 35.5. The topological polar surface area (TPSA) is 97.1 Å². The molecule has 0 radical (unpaired) electrons. The van der Waals surface area contributed by atoms with Crippen molar-refractivity contribution < 1.29 is 19.1 Å². The lowest BCUT2D eigenvalue weighted by molar-refractivity contribution is 0.0696. The molecular weight excluding hydrogens is 423 g/mol. The van der Waals surface area contributed by atoms with Crippen molar-refractivity contribution in [3.63, 3.8) is 0 Å². The Hall–Kier alpha value is -4.04. The van der Waals surface area contributed by atoms with Gasteiger partial charge in [-0.15, -0.1) is 0 Å². The van der Waals surface area contributed by atoms with Gasteiger partial charge in [0.15, 0.2) is 5.82 Å². The minimum atomic E-state index is -1.21. The number of amides is 1. The Labute approximate surface area is 180 Å². The Morgan fingerprint density at radius 2 is 1.81 bits per heavy atom. The van der Waals surface area contributed by atoms with E-state index in [0.717, 1.165) is 0 Å². The first-order valence-corrected chi connectivity index (χ1v) is 9.41. The number of benzene rings is 2. The Morgan fingerprint density at radius 1 is 1.03 bits per heavy atom. The number of pyridine rings is 1. The van der Waals surface area contributed by atoms with Gasteiger partial charge in [-0.25, -0.2) is 18.9 Å². The van der Waals surface area contributed by atoms with Crippen LogP contribution < -0.4 is 5.32 Å². The number of halogens is 2. The summed E-state index contributed by atoms with van der Waals surface area (Å²) >= 11 is 5.89. The van der Waals surface area contributed by atoms with Gasteiger partial charge in [-0.3, -0.25) is 4.79 Å². The Kier molecular flexibility index (Phi) is 5.46. The summed E-state index contributed by atoms with van der Waals surface area (Å²) in [5.74, 6) is -1.66. The fraction of sp³-hybridized carbons (Fsp3) is 0. The highest BCUT2D eigenvalue weighted by Crippen LogP contribution is 2.26. The number of rotatable bonds is 5. The van der Waals surface area contributed by atoms with Crippen LogP contribution in [0.15, 0.2) is 73.1 Å². The first kappa shape index (κ1) is 20.2. The van der Waals surface area contributed by atoms with Crippen LogP contribution in [0, 0.1) is 5.82 Å². The predicted molar refractivity (Wildman–Crippen MR) is 113 cm³/mol. The third-order valence-electron chi connectivity index (χ3n) is 4.42. The van der Waals surface area contributed by atoms with Gasteiger partial charge in [0.2, 0.25) is 0 Å². The van der Waals surface area contributed by atoms with Gasteiger partial charge >= 0.3 is 5.97 Å². The van der Waals surface area contributed by atoms with E-state index in [1.165, 1.54) is 53.3 Å². The van der Waals surface area contributed by atoms with Gasteiger partial charge in [0.25, 0.3) is 5.91 Å². The maximum atomic E-state index is 13.4. The third-order valence-corrected chi connectivity index (χ3v) is 4.74. The number of carboxylic acids is 1. The number of hydrogen-bond acceptors (Lipinski definition) is 4. The lowest BCUT2D eigenvalue weighted by Gasteiger charge is -2.07. The fourth-order valence-electron chi connectivity index (χ4n) is 2.93. The average Bonchev–Trinajstić information content (AvgIpc) is 3.22. The molecule has 7 nitrogen and oxygen atoms in total. The minimum Gasteiger partial charge on any atom is -0.478 e. The van der Waals surface area contributed by atoms with Crippen molar-refractivity contribution in [2.24, 2.45) is 0 Å². The molecule has 0 unspecified atom stereocenters. The summed E-state index contributed by atoms with van der Waals surface area (Å²) in [5, 5.41) is 16.4. The van der Waals surface area contributed by atoms with Crippen LogP contribution in [0.5, 0.6) is 0 Å². The van der Waals surface area contributed by atoms with Crippen LogP contribution in [0.2, 0.25) is 5.02 Å². The van der Waals surface area contributed by atoms with E-state index >= 15 is 0 Å². The SMILES string of the molecule is O=C(O)c1cc(NC(=O)c2cn(-c3ccccn3)nc2-c2ccc(F)cc2)ccc1Cl. The second kappa shape index (κ2) is 8.37. The normalized spacial score (nSPS) is 10.6. The zero-order chi connectivity index (χ0) is 22.0. The monoisotopic (exact) mass is 436 g/mol. The zero-order valence-electron chi connectivity index (χ0n) is 15.8. The average molecular weight is 437 g/mol. The first-order valence-electron chi connectivity index (χ1n) is 9.03. The van der Waals surface area contributed by atoms with Crippen molar-refractivity contribution in [2.75, 3.05) is 5.32 Å². The van der Waals surface area contributed by atoms with Crippen LogP contribution in [0.25, 0.3) is 17.1 Å². The number of carboxylic acid groups (broad SMARTS) is 1. The van der Waals surface area contributed by atoms with Crippen LogP contribution in [-0.2, 0) is 0 Å². The van der Waals surface area contributed by atoms with Crippen LogP contribution in [-0.4, -0.2) is 31.7 Å². The molecule has 0 fully saturated rings. The number of aromatic carboxylic acids is 1. The largest absolute Gasteiger partial charge is 0.478 e. The highest BCUT2D eigenvalue weighted by Gasteiger charge is 2.20. The molecule has 0 aliphatic rings. The zero-order valence-corrected chi connectivity index (χ0v) is 16.5. The molecule has 0 aliphatic carbocycles. The number of nitrogens with zero attached hydrogens (tertiary/aromatic N) is 3. The number of anilines is 1. The van der Waals surface area contributed by atoms with Gasteiger partial charge in [-0.05, 0) is 54.6 Å². The van der Waals surface area contributed by atoms with Gasteiger partial charge < -0.3 is 10.4 Å². The number of carbonyl (C=O) groups excluding carboxylic acids is 1. The van der Waals surface area contributed by atoms with Gasteiger partial charge in [-0.2, -0.15) is 5.10 Å². The summed E-state index contributed by atoms with van der Waals surface area (Å²) in [6.45, 7) is 0. The number of aromatic nitrogens is 3. The summed E-state index contributed by atoms with van der Waals surface area (Å²) in [5.41, 5.74) is 1.16. The first-order chi connectivity index (χ1) is 14.9. The molecule has 0 atom stereocenters. The summed E-state index contributed by atoms with van der Waals surface area (Å²) < 4.78 is 14.8. The van der Waals surface area contributed by atoms with Crippen molar-refractivity contribution in [3.8, 4) is 17.1 Å². The Balaban J connectivity index is 1.75. The van der Waals surface area contributed by atoms with Crippen LogP contribution in [0.3, 0.4) is 0 Å². The molecule has 4 aromatic rings. The quantitative estimate of drug-likeness (QED) is 0.473. The highest BCUT2D eigenvalue weighted by molar-refractivity contribution is 6.33. The Bertz CT molecular complexity index is 1270. The van der Waals surface area contributed by atoms with E-state index < -0.39 is 17.7 Å². The molecule has 0 bridgehead atoms. The number of hydrogen-bond donors (Lipinski definition) is 2. The van der Waals surface area contributed by atoms with E-state index in [1.807, 2.05) is 0 Å². The smallest absolute Gasteiger partial charge is 0.337 e. The second-order valence-corrected chi connectivity index (χ2v) is 6.89. The maximum Gasteiger partial charge on any atom is 0.337 e. The van der Waals surface area contributed by atoms with Crippen molar-refractivity contribution in [3.05, 3.63) is 95.0 Å². The van der Waals surface area contributed by atoms with E-state index in [-0.39, 0.29) is 21.8 Å². The maximum absolute atomic E-state index is 13.4. The molecule has 2 heterocycles. The van der Waals surface area contributed by atoms with Crippen molar-refractivity contribution in [2.45, 2.75) is 0 Å². The second-order valence-electron chi connectivity index (χ2n) is 6.48. The summed E-state index contributed by atoms with van der Waals surface area (Å²) in [4.78, 5) is 28.6. The van der Waals surface area contributed by atoms with E-state index in [1.54, 1.807) is 24.4 Å². The van der Waals surface area contributed by atoms with Gasteiger partial charge in [0, 0.05) is 23.6 Å². The predicted octanol–water partition coefficient (Wildman–Crippen LogP) is 4.68. The van der Waals surface area contributed by atoms with Gasteiger partial charge in [0.05, 0.1) is 16.1 Å². The van der Waals surface area contributed by atoms with Gasteiger partial charge in [0.1, 0.15) is 11.5 Å². The van der Waals surface area contributed by atoms with Crippen LogP contribution in [0.1, 0.15) is 20.7 Å². The number of nitrogens with one attached hydrogen (secondary N) is 1. The molecule has 154 valence electrons. The van der Waals surface area contributed by atoms with Gasteiger partial charge in [-0.1, -0.05) is 17.7 Å². The molecule has 0 saturated heterocycles. The van der Waals surface area contributed by atoms with E-state index in [2.05, 4.69) is 15.4 Å². The van der Waals surface area contributed by atoms with Crippen molar-refractivity contribution in [1.29, 1.82) is 0 Å². The molecule has 2 N–H and O–H groups in total. The third kappa shape index (κ3) is 4.29. The van der Waals surface area contributed by atoms with Crippen molar-refractivity contribution >= 4 is 29.2 Å². The van der Waals surface area contributed by atoms with E-state index in [9.17, 15) is 19.1 Å². The standard InChI is InChI=1S/C22H14ClFN4O3/c23-18-9-8-15(11-16(18)22(30)31)26-21(29)17-12-28(19-3-1-2-10-25-19)27-20(17)13-4-6-14(24)7-5-13/h1-12H,(H,26,29)(H,30,31). The molecule has 9 heteroatoms. The number of carbonyl (C=O) groups is 2. The van der Waals surface area contributed by atoms with Crippen molar-refractivity contribution in [1.82, 2.24) is 14.8 Å². The summed E-state index contributed by atoms with van der Waals surface area (Å²) in [7, 11) is 0. The molecule has 2 aromatic heterocycles. The molecular formula is C22H14ClFN4O3. The van der Waals surface area contributed by atoms with Crippen LogP contribution >= 0.6 is 11.6 Å². The van der Waals surface area contributed by atoms with Crippen LogP contribution in [0.4, 0.5) is 10.1 Å². The summed E-state index contributed by atoms with van der Waals surface area (Å²) in [6.07, 6.45) is 3.10. The molecule has 0 saturated carbocycles. The molecule has 2 aromatic carbocycles. The minimum absolute atomic E-state index is 0.0560. The molecule has 0 spiro atoms. The fourth-order valence-corrected chi connectivity index (χ4v) is 3.13. The Morgan fingerprint density at radius 3 is 2.48 bits per heavy atom. The lowest BCUT2D eigenvalue weighted by Crippen LogP contribution is -2.13. The van der Waals surface area contributed by atoms with E-state index in [4.69, 9.17) is 11.6 Å². The molecule has 0 aliphatic heterocycles. The molecule has 4 rings (SSSR count). The summed E-state index contributed by atoms with van der Waals surface area (Å²) in [6, 6.07) is 15.0. The lowest BCUT2D eigenvalue weighted by atomic mass is 10.1. The molecule has 1 amide bonds. The van der Waals surface area contributed by atoms with E-state index in [0.29, 0.717) is 17.1 Å².